The van der Waals surface area contributed by atoms with E-state index >= 15 is 0 Å². The van der Waals surface area contributed by atoms with Crippen molar-refractivity contribution in [3.63, 3.8) is 0 Å². The smallest absolute Gasteiger partial charge is 0.353 e. The van der Waals surface area contributed by atoms with Crippen LogP contribution >= 0.6 is 0 Å². The van der Waals surface area contributed by atoms with Crippen LogP contribution in [0, 0.1) is 10.1 Å². The standard InChI is InChI=1S/C19H17N7O2/c1-2-12-20-18-17(26(27)28)19(22-13-21-18)23-14-8-10-16(11-9-14)25-24-15-6-4-3-5-7-15/h2-11,13H,1,12H2,(H2,20,21,22,23). The molecule has 9 nitrogen and oxygen atoms in total. The van der Waals surface area contributed by atoms with Crippen molar-refractivity contribution in [2.24, 2.45) is 10.2 Å². The first kappa shape index (κ1) is 18.6. The van der Waals surface area contributed by atoms with Gasteiger partial charge >= 0.3 is 5.69 Å². The molecule has 0 saturated carbocycles. The molecule has 28 heavy (non-hydrogen) atoms. The maximum absolute atomic E-state index is 11.5. The van der Waals surface area contributed by atoms with Gasteiger partial charge in [-0.05, 0) is 36.4 Å². The second kappa shape index (κ2) is 8.99. The molecule has 3 aromatic rings. The molecule has 3 rings (SSSR count). The van der Waals surface area contributed by atoms with Gasteiger partial charge in [0.05, 0.1) is 16.3 Å². The third kappa shape index (κ3) is 4.73. The zero-order valence-corrected chi connectivity index (χ0v) is 14.8. The first-order valence-electron chi connectivity index (χ1n) is 8.35. The molecule has 0 aliphatic rings. The predicted octanol–water partition coefficient (Wildman–Crippen LogP) is 5.14. The first-order chi connectivity index (χ1) is 13.7. The summed E-state index contributed by atoms with van der Waals surface area (Å²) in [6.45, 7) is 3.92. The third-order valence-corrected chi connectivity index (χ3v) is 3.59. The number of aromatic nitrogens is 2. The number of hydrogen-bond donors (Lipinski definition) is 2. The van der Waals surface area contributed by atoms with E-state index in [9.17, 15) is 10.1 Å². The quantitative estimate of drug-likeness (QED) is 0.243. The highest BCUT2D eigenvalue weighted by Crippen LogP contribution is 2.31. The van der Waals surface area contributed by atoms with E-state index in [1.807, 2.05) is 30.3 Å². The zero-order chi connectivity index (χ0) is 19.8. The van der Waals surface area contributed by atoms with Gasteiger partial charge in [0, 0.05) is 12.2 Å². The lowest BCUT2D eigenvalue weighted by Gasteiger charge is -2.09. The molecule has 2 N–H and O–H groups in total. The van der Waals surface area contributed by atoms with Crippen molar-refractivity contribution in [1.82, 2.24) is 9.97 Å². The monoisotopic (exact) mass is 375 g/mol. The number of hydrogen-bond acceptors (Lipinski definition) is 8. The van der Waals surface area contributed by atoms with Crippen LogP contribution in [-0.4, -0.2) is 21.4 Å². The predicted molar refractivity (Wildman–Crippen MR) is 108 cm³/mol. The average molecular weight is 375 g/mol. The van der Waals surface area contributed by atoms with Gasteiger partial charge in [-0.3, -0.25) is 10.1 Å². The molecule has 0 aliphatic carbocycles. The fourth-order valence-corrected chi connectivity index (χ4v) is 2.30. The van der Waals surface area contributed by atoms with E-state index in [0.717, 1.165) is 5.69 Å². The normalized spacial score (nSPS) is 10.6. The van der Waals surface area contributed by atoms with Gasteiger partial charge in [-0.1, -0.05) is 24.3 Å². The van der Waals surface area contributed by atoms with Gasteiger partial charge in [0.1, 0.15) is 6.33 Å². The Balaban J connectivity index is 1.78. The maximum Gasteiger partial charge on any atom is 0.353 e. The summed E-state index contributed by atoms with van der Waals surface area (Å²) >= 11 is 0. The van der Waals surface area contributed by atoms with Crippen LogP contribution in [0.2, 0.25) is 0 Å². The van der Waals surface area contributed by atoms with Crippen molar-refractivity contribution in [2.75, 3.05) is 17.2 Å². The summed E-state index contributed by atoms with van der Waals surface area (Å²) in [4.78, 5) is 18.8. The number of azo groups is 1. The molecule has 140 valence electrons. The van der Waals surface area contributed by atoms with Crippen LogP contribution in [0.3, 0.4) is 0 Å². The summed E-state index contributed by atoms with van der Waals surface area (Å²) in [5, 5.41) is 25.5. The van der Waals surface area contributed by atoms with Crippen LogP contribution in [0.25, 0.3) is 0 Å². The lowest BCUT2D eigenvalue weighted by molar-refractivity contribution is -0.383. The lowest BCUT2D eigenvalue weighted by Crippen LogP contribution is -2.08. The van der Waals surface area contributed by atoms with Crippen LogP contribution < -0.4 is 10.6 Å². The molecule has 0 aliphatic heterocycles. The molecule has 1 heterocycles. The molecule has 0 bridgehead atoms. The molecule has 0 radical (unpaired) electrons. The number of benzene rings is 2. The van der Waals surface area contributed by atoms with Gasteiger partial charge in [-0.15, -0.1) is 6.58 Å². The maximum atomic E-state index is 11.5. The molecular weight excluding hydrogens is 358 g/mol. The third-order valence-electron chi connectivity index (χ3n) is 3.59. The summed E-state index contributed by atoms with van der Waals surface area (Å²) in [6, 6.07) is 16.4. The molecule has 1 aromatic heterocycles. The lowest BCUT2D eigenvalue weighted by atomic mass is 10.3. The number of nitro groups is 1. The minimum Gasteiger partial charge on any atom is -0.361 e. The van der Waals surface area contributed by atoms with E-state index in [2.05, 4.69) is 37.4 Å². The summed E-state index contributed by atoms with van der Waals surface area (Å²) < 4.78 is 0. The van der Waals surface area contributed by atoms with Gasteiger partial charge < -0.3 is 10.6 Å². The van der Waals surface area contributed by atoms with Gasteiger partial charge in [-0.2, -0.15) is 10.2 Å². The first-order valence-corrected chi connectivity index (χ1v) is 8.35. The Morgan fingerprint density at radius 1 is 1.00 bits per heavy atom. The fourth-order valence-electron chi connectivity index (χ4n) is 2.30. The van der Waals surface area contributed by atoms with Crippen molar-refractivity contribution < 1.29 is 4.92 Å². The molecular formula is C19H17N7O2. The Bertz CT molecular complexity index is 989. The number of anilines is 3. The Kier molecular flexibility index (Phi) is 5.99. The number of nitrogens with one attached hydrogen (secondary N) is 2. The second-order valence-corrected chi connectivity index (χ2v) is 5.55. The molecule has 0 spiro atoms. The Labute approximate surface area is 161 Å². The topological polar surface area (TPSA) is 118 Å². The molecule has 0 amide bonds. The highest BCUT2D eigenvalue weighted by Gasteiger charge is 2.22. The van der Waals surface area contributed by atoms with Gasteiger partial charge in [0.2, 0.25) is 11.6 Å². The fraction of sp³-hybridized carbons (Fsp3) is 0.0526. The highest BCUT2D eigenvalue weighted by atomic mass is 16.6. The van der Waals surface area contributed by atoms with Crippen molar-refractivity contribution in [1.29, 1.82) is 0 Å². The minimum atomic E-state index is -0.532. The molecule has 0 saturated heterocycles. The minimum absolute atomic E-state index is 0.0882. The summed E-state index contributed by atoms with van der Waals surface area (Å²) in [5.74, 6) is 0.209. The van der Waals surface area contributed by atoms with Crippen molar-refractivity contribution in [3.05, 3.63) is 83.7 Å². The summed E-state index contributed by atoms with van der Waals surface area (Å²) in [7, 11) is 0. The van der Waals surface area contributed by atoms with E-state index < -0.39 is 4.92 Å². The van der Waals surface area contributed by atoms with Crippen molar-refractivity contribution in [2.45, 2.75) is 0 Å². The van der Waals surface area contributed by atoms with Crippen LogP contribution in [-0.2, 0) is 0 Å². The van der Waals surface area contributed by atoms with Crippen LogP contribution in [0.4, 0.5) is 34.4 Å². The van der Waals surface area contributed by atoms with Crippen molar-refractivity contribution >= 4 is 34.4 Å². The second-order valence-electron chi connectivity index (χ2n) is 5.55. The summed E-state index contributed by atoms with van der Waals surface area (Å²) in [6.07, 6.45) is 2.84. The van der Waals surface area contributed by atoms with E-state index in [1.54, 1.807) is 30.3 Å². The molecule has 9 heteroatoms. The van der Waals surface area contributed by atoms with E-state index in [-0.39, 0.29) is 17.3 Å². The Morgan fingerprint density at radius 3 is 2.29 bits per heavy atom. The molecule has 0 fully saturated rings. The Hall–Kier alpha value is -4.14. The van der Waals surface area contributed by atoms with Crippen LogP contribution in [0.5, 0.6) is 0 Å². The highest BCUT2D eigenvalue weighted by molar-refractivity contribution is 5.74. The van der Waals surface area contributed by atoms with Gasteiger partial charge in [-0.25, -0.2) is 9.97 Å². The molecule has 0 unspecified atom stereocenters. The number of nitrogens with zero attached hydrogens (tertiary/aromatic N) is 5. The molecule has 0 atom stereocenters. The van der Waals surface area contributed by atoms with E-state index in [1.165, 1.54) is 6.33 Å². The number of rotatable bonds is 8. The SMILES string of the molecule is C=CCNc1ncnc(Nc2ccc(N=Nc3ccccc3)cc2)c1[N+](=O)[O-]. The van der Waals surface area contributed by atoms with Crippen LogP contribution in [0.1, 0.15) is 0 Å². The Morgan fingerprint density at radius 2 is 1.64 bits per heavy atom. The largest absolute Gasteiger partial charge is 0.361 e. The van der Waals surface area contributed by atoms with Crippen LogP contribution in [0.15, 0.2) is 83.8 Å². The van der Waals surface area contributed by atoms with Gasteiger partial charge in [0.25, 0.3) is 0 Å². The van der Waals surface area contributed by atoms with E-state index in [4.69, 9.17) is 0 Å². The average Bonchev–Trinajstić information content (AvgIpc) is 2.72. The summed E-state index contributed by atoms with van der Waals surface area (Å²) in [5.41, 5.74) is 1.79. The molecule has 2 aromatic carbocycles. The van der Waals surface area contributed by atoms with E-state index in [0.29, 0.717) is 17.9 Å². The zero-order valence-electron chi connectivity index (χ0n) is 14.8. The van der Waals surface area contributed by atoms with Gasteiger partial charge in [0.15, 0.2) is 0 Å². The van der Waals surface area contributed by atoms with Crippen molar-refractivity contribution in [3.8, 4) is 0 Å².